The molecular formula is C3H7O9P3. The summed E-state index contributed by atoms with van der Waals surface area (Å²) in [5.41, 5.74) is 0. The van der Waals surface area contributed by atoms with Gasteiger partial charge in [-0.2, -0.15) is 12.9 Å². The molecule has 1 aliphatic heterocycles. The molecule has 1 fully saturated rings. The Labute approximate surface area is 84.5 Å². The van der Waals surface area contributed by atoms with Gasteiger partial charge in [0.05, 0.1) is 6.61 Å². The lowest BCUT2D eigenvalue weighted by molar-refractivity contribution is 0.143. The monoisotopic (exact) mass is 280 g/mol. The highest BCUT2D eigenvalue weighted by Gasteiger charge is 2.53. The third kappa shape index (κ3) is 3.92. The summed E-state index contributed by atoms with van der Waals surface area (Å²) >= 11 is 0. The van der Waals surface area contributed by atoms with Crippen LogP contribution in [0.1, 0.15) is 0 Å². The molecule has 1 aliphatic rings. The molecule has 2 N–H and O–H groups in total. The Morgan fingerprint density at radius 2 is 1.60 bits per heavy atom. The lowest BCUT2D eigenvalue weighted by Crippen LogP contribution is -2.06. The smallest absolute Gasteiger partial charge is 0.302 e. The van der Waals surface area contributed by atoms with E-state index >= 15 is 0 Å². The lowest BCUT2D eigenvalue weighted by Gasteiger charge is -2.26. The Kier molecular flexibility index (Phi) is 3.73. The van der Waals surface area contributed by atoms with E-state index in [0.717, 1.165) is 6.08 Å². The van der Waals surface area contributed by atoms with E-state index < -0.39 is 23.5 Å². The molecule has 0 bridgehead atoms. The van der Waals surface area contributed by atoms with Gasteiger partial charge in [0.1, 0.15) is 0 Å². The quantitative estimate of drug-likeness (QED) is 0.584. The van der Waals surface area contributed by atoms with Gasteiger partial charge in [0.25, 0.3) is 0 Å². The van der Waals surface area contributed by atoms with Crippen LogP contribution in [0.4, 0.5) is 0 Å². The van der Waals surface area contributed by atoms with E-state index in [1.165, 1.54) is 0 Å². The molecule has 0 aromatic carbocycles. The summed E-state index contributed by atoms with van der Waals surface area (Å²) in [6, 6.07) is 0. The van der Waals surface area contributed by atoms with Gasteiger partial charge in [0.15, 0.2) is 0 Å². The maximum atomic E-state index is 11.4. The summed E-state index contributed by atoms with van der Waals surface area (Å²) in [5.74, 6) is 0. The van der Waals surface area contributed by atoms with Gasteiger partial charge in [-0.3, -0.25) is 4.52 Å². The van der Waals surface area contributed by atoms with Crippen molar-refractivity contribution >= 4 is 23.5 Å². The number of hydrogen-bond acceptors (Lipinski definition) is 7. The van der Waals surface area contributed by atoms with Crippen molar-refractivity contribution in [3.05, 3.63) is 12.7 Å². The standard InChI is InChI=1S/C3H7O9P3/c1-2-3-9-15(8)11-13(4,5)10-14(6,7)12-15/h2H,1,3H2,(H,4,5)(H,6,7). The molecule has 0 aromatic rings. The first-order valence-electron chi connectivity index (χ1n) is 3.33. The average molecular weight is 280 g/mol. The van der Waals surface area contributed by atoms with Gasteiger partial charge in [-0.05, 0) is 0 Å². The molecule has 15 heavy (non-hydrogen) atoms. The van der Waals surface area contributed by atoms with Gasteiger partial charge in [-0.1, -0.05) is 6.08 Å². The molecular weight excluding hydrogens is 273 g/mol. The second kappa shape index (κ2) is 4.22. The zero-order valence-corrected chi connectivity index (χ0v) is 9.77. The van der Waals surface area contributed by atoms with Crippen molar-refractivity contribution in [3.63, 3.8) is 0 Å². The molecule has 0 amide bonds. The van der Waals surface area contributed by atoms with Crippen molar-refractivity contribution in [1.29, 1.82) is 0 Å². The highest BCUT2D eigenvalue weighted by Crippen LogP contribution is 2.79. The molecule has 2 unspecified atom stereocenters. The third-order valence-corrected chi connectivity index (χ3v) is 6.33. The van der Waals surface area contributed by atoms with Gasteiger partial charge in [-0.25, -0.2) is 13.7 Å². The predicted molar refractivity (Wildman–Crippen MR) is 46.7 cm³/mol. The molecule has 1 heterocycles. The summed E-state index contributed by atoms with van der Waals surface area (Å²) in [6.45, 7) is 2.83. The molecule has 0 spiro atoms. The normalized spacial score (nSPS) is 46.3. The fourth-order valence-electron chi connectivity index (χ4n) is 0.619. The van der Waals surface area contributed by atoms with E-state index in [-0.39, 0.29) is 6.61 Å². The summed E-state index contributed by atoms with van der Waals surface area (Å²) in [4.78, 5) is 17.5. The summed E-state index contributed by atoms with van der Waals surface area (Å²) in [5, 5.41) is 0. The van der Waals surface area contributed by atoms with Gasteiger partial charge < -0.3 is 9.79 Å². The maximum absolute atomic E-state index is 11.4. The van der Waals surface area contributed by atoms with E-state index in [0.29, 0.717) is 0 Å². The lowest BCUT2D eigenvalue weighted by atomic mass is 10.7. The van der Waals surface area contributed by atoms with E-state index in [1.807, 2.05) is 0 Å². The fraction of sp³-hybridized carbons (Fsp3) is 0.333. The molecule has 0 aliphatic carbocycles. The molecule has 88 valence electrons. The highest BCUT2D eigenvalue weighted by molar-refractivity contribution is 7.74. The molecule has 1 rings (SSSR count). The second-order valence-corrected chi connectivity index (χ2v) is 7.20. The Bertz CT molecular complexity index is 371. The third-order valence-electron chi connectivity index (χ3n) is 0.963. The van der Waals surface area contributed by atoms with E-state index in [1.54, 1.807) is 0 Å². The van der Waals surface area contributed by atoms with Gasteiger partial charge in [-0.15, -0.1) is 6.58 Å². The van der Waals surface area contributed by atoms with Crippen molar-refractivity contribution < 1.29 is 40.9 Å². The van der Waals surface area contributed by atoms with Crippen LogP contribution in [0.2, 0.25) is 0 Å². The van der Waals surface area contributed by atoms with Gasteiger partial charge in [0.2, 0.25) is 0 Å². The maximum Gasteiger partial charge on any atom is 0.492 e. The van der Waals surface area contributed by atoms with Crippen LogP contribution in [0.3, 0.4) is 0 Å². The van der Waals surface area contributed by atoms with Crippen LogP contribution in [0.25, 0.3) is 0 Å². The van der Waals surface area contributed by atoms with E-state index in [9.17, 15) is 13.7 Å². The zero-order valence-electron chi connectivity index (χ0n) is 7.09. The Balaban J connectivity index is 2.92. The summed E-state index contributed by atoms with van der Waals surface area (Å²) < 4.78 is 48.9. The second-order valence-electron chi connectivity index (χ2n) is 2.21. The van der Waals surface area contributed by atoms with Crippen LogP contribution in [0.5, 0.6) is 0 Å². The Morgan fingerprint density at radius 1 is 1.13 bits per heavy atom. The van der Waals surface area contributed by atoms with Crippen LogP contribution in [-0.2, 0) is 31.2 Å². The van der Waals surface area contributed by atoms with Crippen molar-refractivity contribution in [2.45, 2.75) is 0 Å². The number of rotatable bonds is 3. The summed E-state index contributed by atoms with van der Waals surface area (Å²) in [7, 11) is -14.5. The fourth-order valence-corrected chi connectivity index (χ4v) is 5.51. The predicted octanol–water partition coefficient (Wildman–Crippen LogP) is 1.56. The first-order valence-corrected chi connectivity index (χ1v) is 7.78. The van der Waals surface area contributed by atoms with Crippen LogP contribution in [0.15, 0.2) is 12.7 Å². The minimum Gasteiger partial charge on any atom is -0.302 e. The minimum atomic E-state index is -4.93. The van der Waals surface area contributed by atoms with E-state index in [4.69, 9.17) is 9.79 Å². The zero-order chi connectivity index (χ0) is 11.7. The van der Waals surface area contributed by atoms with Gasteiger partial charge in [0, 0.05) is 0 Å². The summed E-state index contributed by atoms with van der Waals surface area (Å²) in [6.07, 6.45) is 1.13. The number of hydrogen-bond donors (Lipinski definition) is 2. The topological polar surface area (TPSA) is 129 Å². The molecule has 1 saturated heterocycles. The molecule has 0 radical (unpaired) electrons. The Hall–Kier alpha value is 0.190. The van der Waals surface area contributed by atoms with Crippen LogP contribution in [0, 0.1) is 0 Å². The van der Waals surface area contributed by atoms with Crippen molar-refractivity contribution in [2.75, 3.05) is 6.61 Å². The Morgan fingerprint density at radius 3 is 2.00 bits per heavy atom. The van der Waals surface area contributed by atoms with Gasteiger partial charge >= 0.3 is 23.5 Å². The van der Waals surface area contributed by atoms with Crippen LogP contribution < -0.4 is 0 Å². The van der Waals surface area contributed by atoms with Crippen molar-refractivity contribution in [3.8, 4) is 0 Å². The first-order chi connectivity index (χ1) is 6.68. The molecule has 12 heteroatoms. The molecule has 0 aromatic heterocycles. The molecule has 0 saturated carbocycles. The van der Waals surface area contributed by atoms with Crippen molar-refractivity contribution in [1.82, 2.24) is 0 Å². The average Bonchev–Trinajstić information content (AvgIpc) is 1.93. The van der Waals surface area contributed by atoms with Crippen LogP contribution >= 0.6 is 23.5 Å². The largest absolute Gasteiger partial charge is 0.492 e. The SMILES string of the molecule is C=CCOP1(=O)OP(=O)(O)OP(=O)(O)O1. The first kappa shape index (κ1) is 13.3. The number of phosphoric acid groups is 3. The van der Waals surface area contributed by atoms with E-state index in [2.05, 4.69) is 24.0 Å². The van der Waals surface area contributed by atoms with Crippen LogP contribution in [-0.4, -0.2) is 16.4 Å². The van der Waals surface area contributed by atoms with Crippen molar-refractivity contribution in [2.24, 2.45) is 0 Å². The molecule has 2 atom stereocenters. The molecule has 9 nitrogen and oxygen atoms in total. The highest BCUT2D eigenvalue weighted by atomic mass is 31.3. The minimum absolute atomic E-state index is 0.364.